The van der Waals surface area contributed by atoms with Gasteiger partial charge in [0.1, 0.15) is 13.2 Å². The van der Waals surface area contributed by atoms with Crippen molar-refractivity contribution in [2.75, 3.05) is 31.3 Å². The van der Waals surface area contributed by atoms with Gasteiger partial charge in [0.2, 0.25) is 10.0 Å². The molecule has 2 N–H and O–H groups in total. The number of hydrogen-bond acceptors (Lipinski definition) is 7. The Balaban J connectivity index is 1.40. The minimum atomic E-state index is -3.15. The fraction of sp³-hybridized carbons (Fsp3) is 0.250. The molecule has 9 heteroatoms. The van der Waals surface area contributed by atoms with Crippen LogP contribution in [0.15, 0.2) is 47.8 Å². The van der Waals surface area contributed by atoms with Gasteiger partial charge in [0.05, 0.1) is 11.9 Å². The van der Waals surface area contributed by atoms with Crippen molar-refractivity contribution >= 4 is 32.2 Å². The summed E-state index contributed by atoms with van der Waals surface area (Å²) in [6.07, 6.45) is 1.80. The lowest BCUT2D eigenvalue weighted by molar-refractivity contribution is 0.171. The first-order valence-corrected chi connectivity index (χ1v) is 11.9. The SMILES string of the molecule is CS(=O)(=O)NCCc1ccc(-c2csc(Nc3ccc4c(c3)OCCO4)n2)cc1. The van der Waals surface area contributed by atoms with Crippen LogP contribution in [0, 0.1) is 0 Å². The van der Waals surface area contributed by atoms with Crippen LogP contribution < -0.4 is 19.5 Å². The molecule has 2 heterocycles. The summed E-state index contributed by atoms with van der Waals surface area (Å²) in [5, 5.41) is 6.09. The fourth-order valence-corrected chi connectivity index (χ4v) is 4.14. The van der Waals surface area contributed by atoms with E-state index in [1.54, 1.807) is 0 Å². The Morgan fingerprint density at radius 3 is 2.59 bits per heavy atom. The van der Waals surface area contributed by atoms with Gasteiger partial charge in [-0.3, -0.25) is 0 Å². The lowest BCUT2D eigenvalue weighted by atomic mass is 10.1. The van der Waals surface area contributed by atoms with Gasteiger partial charge in [0.15, 0.2) is 16.6 Å². The molecule has 1 aliphatic heterocycles. The van der Waals surface area contributed by atoms with Gasteiger partial charge in [-0.05, 0) is 24.1 Å². The summed E-state index contributed by atoms with van der Waals surface area (Å²) in [7, 11) is -3.15. The number of aromatic nitrogens is 1. The smallest absolute Gasteiger partial charge is 0.208 e. The molecular weight excluding hydrogens is 410 g/mol. The Labute approximate surface area is 173 Å². The standard InChI is InChI=1S/C20H21N3O4S2/c1-29(24,25)21-9-8-14-2-4-15(5-3-14)17-13-28-20(23-17)22-16-6-7-18-19(12-16)27-11-10-26-18/h2-7,12-13,21H,8-11H2,1H3,(H,22,23). The Bertz CT molecular complexity index is 1100. The van der Waals surface area contributed by atoms with Gasteiger partial charge in [-0.1, -0.05) is 24.3 Å². The van der Waals surface area contributed by atoms with E-state index in [4.69, 9.17) is 9.47 Å². The third kappa shape index (κ3) is 5.26. The molecule has 1 aromatic heterocycles. The number of hydrogen-bond donors (Lipinski definition) is 2. The van der Waals surface area contributed by atoms with E-state index in [9.17, 15) is 8.42 Å². The Kier molecular flexibility index (Phi) is 5.70. The number of nitrogens with one attached hydrogen (secondary N) is 2. The largest absolute Gasteiger partial charge is 0.486 e. The van der Waals surface area contributed by atoms with Crippen molar-refractivity contribution in [3.05, 3.63) is 53.4 Å². The number of nitrogens with zero attached hydrogens (tertiary/aromatic N) is 1. The average Bonchev–Trinajstić information content (AvgIpc) is 3.16. The van der Waals surface area contributed by atoms with Crippen LogP contribution in [0.1, 0.15) is 5.56 Å². The Morgan fingerprint density at radius 1 is 1.07 bits per heavy atom. The first-order valence-electron chi connectivity index (χ1n) is 9.12. The first kappa shape index (κ1) is 19.7. The lowest BCUT2D eigenvalue weighted by Crippen LogP contribution is -2.24. The normalized spacial score (nSPS) is 13.3. The van der Waals surface area contributed by atoms with E-state index in [-0.39, 0.29) is 0 Å². The maximum absolute atomic E-state index is 11.1. The molecular formula is C20H21N3O4S2. The van der Waals surface area contributed by atoms with E-state index in [0.717, 1.165) is 45.4 Å². The number of fused-ring (bicyclic) bond motifs is 1. The Morgan fingerprint density at radius 2 is 1.83 bits per heavy atom. The van der Waals surface area contributed by atoms with Crippen molar-refractivity contribution < 1.29 is 17.9 Å². The quantitative estimate of drug-likeness (QED) is 0.596. The van der Waals surface area contributed by atoms with Crippen LogP contribution in [-0.4, -0.2) is 39.4 Å². The summed E-state index contributed by atoms with van der Waals surface area (Å²) in [6, 6.07) is 13.7. The van der Waals surface area contributed by atoms with E-state index < -0.39 is 10.0 Å². The second-order valence-electron chi connectivity index (χ2n) is 6.63. The zero-order chi connectivity index (χ0) is 20.3. The summed E-state index contributed by atoms with van der Waals surface area (Å²) < 4.78 is 35.9. The van der Waals surface area contributed by atoms with Crippen molar-refractivity contribution in [1.82, 2.24) is 9.71 Å². The van der Waals surface area contributed by atoms with Crippen LogP contribution in [-0.2, 0) is 16.4 Å². The summed E-state index contributed by atoms with van der Waals surface area (Å²) in [4.78, 5) is 4.66. The molecule has 0 atom stereocenters. The molecule has 0 saturated heterocycles. The van der Waals surface area contributed by atoms with E-state index in [1.807, 2.05) is 47.8 Å². The minimum Gasteiger partial charge on any atom is -0.486 e. The lowest BCUT2D eigenvalue weighted by Gasteiger charge is -2.18. The molecule has 7 nitrogen and oxygen atoms in total. The third-order valence-corrected chi connectivity index (χ3v) is 5.81. The van der Waals surface area contributed by atoms with Crippen LogP contribution >= 0.6 is 11.3 Å². The van der Waals surface area contributed by atoms with Gasteiger partial charge in [-0.2, -0.15) is 0 Å². The molecule has 2 aromatic carbocycles. The molecule has 0 aliphatic carbocycles. The van der Waals surface area contributed by atoms with Crippen molar-refractivity contribution in [3.63, 3.8) is 0 Å². The summed E-state index contributed by atoms with van der Waals surface area (Å²) in [6.45, 7) is 1.51. The third-order valence-electron chi connectivity index (χ3n) is 4.33. The molecule has 0 radical (unpaired) electrons. The van der Waals surface area contributed by atoms with E-state index in [1.165, 1.54) is 11.3 Å². The van der Waals surface area contributed by atoms with Crippen LogP contribution in [0.5, 0.6) is 11.5 Å². The predicted octanol–water partition coefficient (Wildman–Crippen LogP) is 3.42. The molecule has 4 rings (SSSR count). The van der Waals surface area contributed by atoms with Gasteiger partial charge in [0, 0.05) is 29.2 Å². The molecule has 3 aromatic rings. The minimum absolute atomic E-state index is 0.387. The summed E-state index contributed by atoms with van der Waals surface area (Å²) >= 11 is 1.53. The Hall–Kier alpha value is -2.62. The maximum atomic E-state index is 11.1. The van der Waals surface area contributed by atoms with E-state index >= 15 is 0 Å². The van der Waals surface area contributed by atoms with Gasteiger partial charge in [0.25, 0.3) is 0 Å². The van der Waals surface area contributed by atoms with Crippen molar-refractivity contribution in [2.45, 2.75) is 6.42 Å². The molecule has 0 amide bonds. The van der Waals surface area contributed by atoms with E-state index in [0.29, 0.717) is 26.2 Å². The zero-order valence-corrected chi connectivity index (χ0v) is 17.5. The molecule has 0 bridgehead atoms. The number of rotatable bonds is 7. The monoisotopic (exact) mass is 431 g/mol. The molecule has 29 heavy (non-hydrogen) atoms. The highest BCUT2D eigenvalue weighted by Gasteiger charge is 2.12. The highest BCUT2D eigenvalue weighted by Crippen LogP contribution is 2.34. The second-order valence-corrected chi connectivity index (χ2v) is 9.33. The van der Waals surface area contributed by atoms with Crippen molar-refractivity contribution in [1.29, 1.82) is 0 Å². The van der Waals surface area contributed by atoms with Crippen LogP contribution in [0.25, 0.3) is 11.3 Å². The number of thiazole rings is 1. The number of anilines is 2. The summed E-state index contributed by atoms with van der Waals surface area (Å²) in [5.41, 5.74) is 3.85. The predicted molar refractivity (Wildman–Crippen MR) is 115 cm³/mol. The highest BCUT2D eigenvalue weighted by atomic mass is 32.2. The molecule has 0 fully saturated rings. The number of sulfonamides is 1. The number of ether oxygens (including phenoxy) is 2. The highest BCUT2D eigenvalue weighted by molar-refractivity contribution is 7.88. The molecule has 0 saturated carbocycles. The van der Waals surface area contributed by atoms with Crippen LogP contribution in [0.3, 0.4) is 0 Å². The second kappa shape index (κ2) is 8.40. The van der Waals surface area contributed by atoms with Crippen LogP contribution in [0.2, 0.25) is 0 Å². The molecule has 152 valence electrons. The number of benzene rings is 2. The maximum Gasteiger partial charge on any atom is 0.208 e. The van der Waals surface area contributed by atoms with Gasteiger partial charge < -0.3 is 14.8 Å². The van der Waals surface area contributed by atoms with Gasteiger partial charge >= 0.3 is 0 Å². The van der Waals surface area contributed by atoms with Crippen LogP contribution in [0.4, 0.5) is 10.8 Å². The molecule has 1 aliphatic rings. The van der Waals surface area contributed by atoms with Crippen molar-refractivity contribution in [3.8, 4) is 22.8 Å². The average molecular weight is 432 g/mol. The first-order chi connectivity index (χ1) is 14.0. The molecule has 0 spiro atoms. The summed E-state index contributed by atoms with van der Waals surface area (Å²) in [5.74, 6) is 1.49. The molecule has 0 unspecified atom stereocenters. The van der Waals surface area contributed by atoms with Crippen molar-refractivity contribution in [2.24, 2.45) is 0 Å². The van der Waals surface area contributed by atoms with Gasteiger partial charge in [-0.15, -0.1) is 11.3 Å². The van der Waals surface area contributed by atoms with Gasteiger partial charge in [-0.25, -0.2) is 18.1 Å². The topological polar surface area (TPSA) is 89.6 Å². The fourth-order valence-electron chi connectivity index (χ4n) is 2.93. The van der Waals surface area contributed by atoms with E-state index in [2.05, 4.69) is 15.0 Å². The zero-order valence-electron chi connectivity index (χ0n) is 15.8.